The van der Waals surface area contributed by atoms with Crippen molar-refractivity contribution in [1.29, 1.82) is 0 Å². The van der Waals surface area contributed by atoms with Crippen LogP contribution < -0.4 is 4.90 Å². The number of hydrogen-bond acceptors (Lipinski definition) is 4. The molecule has 3 rings (SSSR count). The molecule has 2 heterocycles. The van der Waals surface area contributed by atoms with Crippen molar-refractivity contribution < 1.29 is 9.90 Å². The minimum Gasteiger partial charge on any atom is -0.478 e. The number of carboxylic acid groups (broad SMARTS) is 1. The average Bonchev–Trinajstić information content (AvgIpc) is 3.20. The van der Waals surface area contributed by atoms with Gasteiger partial charge in [0.25, 0.3) is 0 Å². The van der Waals surface area contributed by atoms with Crippen molar-refractivity contribution in [2.24, 2.45) is 0 Å². The molecule has 1 N–H and O–H groups in total. The lowest BCUT2D eigenvalue weighted by atomic mass is 10.2. The largest absolute Gasteiger partial charge is 0.478 e. The Morgan fingerprint density at radius 1 is 1.43 bits per heavy atom. The molecule has 5 heteroatoms. The Balaban J connectivity index is 1.75. The average molecular weight is 300 g/mol. The lowest BCUT2D eigenvalue weighted by molar-refractivity contribution is -0.131. The maximum atomic E-state index is 10.5. The molecule has 1 aliphatic carbocycles. The molecule has 1 aliphatic rings. The van der Waals surface area contributed by atoms with Gasteiger partial charge in [0.05, 0.1) is 0 Å². The number of rotatable bonds is 6. The molecule has 0 atom stereocenters. The molecule has 4 nitrogen and oxygen atoms in total. The van der Waals surface area contributed by atoms with Gasteiger partial charge in [-0.3, -0.25) is 0 Å². The zero-order chi connectivity index (χ0) is 14.7. The van der Waals surface area contributed by atoms with Gasteiger partial charge in [-0.25, -0.2) is 9.78 Å². The summed E-state index contributed by atoms with van der Waals surface area (Å²) in [4.78, 5) is 17.3. The summed E-state index contributed by atoms with van der Waals surface area (Å²) < 4.78 is 0. The number of thiophene rings is 1. The van der Waals surface area contributed by atoms with Gasteiger partial charge in [0, 0.05) is 24.9 Å². The van der Waals surface area contributed by atoms with E-state index in [1.807, 2.05) is 12.1 Å². The second kappa shape index (κ2) is 6.10. The molecule has 0 saturated heterocycles. The van der Waals surface area contributed by atoms with Crippen molar-refractivity contribution in [3.05, 3.63) is 52.4 Å². The first kappa shape index (κ1) is 13.8. The summed E-state index contributed by atoms with van der Waals surface area (Å²) in [6.45, 7) is 0.880. The van der Waals surface area contributed by atoms with Gasteiger partial charge in [0.15, 0.2) is 0 Å². The van der Waals surface area contributed by atoms with Crippen LogP contribution in [0.4, 0.5) is 5.82 Å². The Hall–Kier alpha value is -2.14. The first-order valence-electron chi connectivity index (χ1n) is 6.87. The number of carboxylic acids is 1. The number of hydrogen-bond donors (Lipinski definition) is 1. The van der Waals surface area contributed by atoms with Gasteiger partial charge in [-0.15, -0.1) is 0 Å². The number of aromatic nitrogens is 1. The van der Waals surface area contributed by atoms with Crippen LogP contribution in [-0.2, 0) is 11.3 Å². The third-order valence-electron chi connectivity index (χ3n) is 3.40. The smallest absolute Gasteiger partial charge is 0.328 e. The summed E-state index contributed by atoms with van der Waals surface area (Å²) in [6, 6.07) is 6.60. The predicted molar refractivity (Wildman–Crippen MR) is 84.4 cm³/mol. The highest BCUT2D eigenvalue weighted by Crippen LogP contribution is 2.32. The first-order chi connectivity index (χ1) is 10.2. The fourth-order valence-electron chi connectivity index (χ4n) is 2.20. The molecular weight excluding hydrogens is 284 g/mol. The molecule has 0 amide bonds. The molecule has 2 aromatic heterocycles. The molecule has 0 aliphatic heterocycles. The quantitative estimate of drug-likeness (QED) is 0.831. The Labute approximate surface area is 127 Å². The fraction of sp³-hybridized carbons (Fsp3) is 0.250. The van der Waals surface area contributed by atoms with E-state index in [-0.39, 0.29) is 0 Å². The zero-order valence-electron chi connectivity index (χ0n) is 11.5. The third kappa shape index (κ3) is 3.70. The summed E-state index contributed by atoms with van der Waals surface area (Å²) in [5.41, 5.74) is 2.11. The highest BCUT2D eigenvalue weighted by Gasteiger charge is 2.30. The molecule has 0 bridgehead atoms. The Kier molecular flexibility index (Phi) is 4.01. The predicted octanol–water partition coefficient (Wildman–Crippen LogP) is 3.41. The van der Waals surface area contributed by atoms with E-state index in [4.69, 9.17) is 5.11 Å². The second-order valence-corrected chi connectivity index (χ2v) is 5.89. The Morgan fingerprint density at radius 2 is 2.29 bits per heavy atom. The van der Waals surface area contributed by atoms with Gasteiger partial charge in [0.2, 0.25) is 0 Å². The third-order valence-corrected chi connectivity index (χ3v) is 4.14. The minimum absolute atomic E-state index is 0.581. The lowest BCUT2D eigenvalue weighted by Gasteiger charge is -2.23. The van der Waals surface area contributed by atoms with E-state index in [2.05, 4.69) is 26.7 Å². The highest BCUT2D eigenvalue weighted by molar-refractivity contribution is 7.07. The molecule has 1 fully saturated rings. The van der Waals surface area contributed by atoms with Gasteiger partial charge in [-0.1, -0.05) is 0 Å². The van der Waals surface area contributed by atoms with E-state index in [1.165, 1.54) is 18.4 Å². The topological polar surface area (TPSA) is 53.4 Å². The number of pyridine rings is 1. The van der Waals surface area contributed by atoms with Crippen molar-refractivity contribution >= 4 is 29.2 Å². The van der Waals surface area contributed by atoms with Crippen LogP contribution in [0.3, 0.4) is 0 Å². The van der Waals surface area contributed by atoms with E-state index in [9.17, 15) is 4.79 Å². The molecule has 1 saturated carbocycles. The van der Waals surface area contributed by atoms with Crippen molar-refractivity contribution in [3.63, 3.8) is 0 Å². The number of nitrogens with zero attached hydrogens (tertiary/aromatic N) is 2. The van der Waals surface area contributed by atoms with E-state index in [1.54, 1.807) is 23.6 Å². The molecule has 2 aromatic rings. The normalized spacial score (nSPS) is 14.5. The van der Waals surface area contributed by atoms with Crippen LogP contribution in [0.2, 0.25) is 0 Å². The second-order valence-electron chi connectivity index (χ2n) is 5.11. The zero-order valence-corrected chi connectivity index (χ0v) is 12.3. The monoisotopic (exact) mass is 300 g/mol. The molecule has 0 aromatic carbocycles. The molecule has 0 unspecified atom stereocenters. The van der Waals surface area contributed by atoms with Crippen LogP contribution in [0.1, 0.15) is 24.0 Å². The van der Waals surface area contributed by atoms with Crippen molar-refractivity contribution in [1.82, 2.24) is 4.98 Å². The fourth-order valence-corrected chi connectivity index (χ4v) is 2.86. The lowest BCUT2D eigenvalue weighted by Crippen LogP contribution is -2.25. The van der Waals surface area contributed by atoms with Crippen LogP contribution in [0.5, 0.6) is 0 Å². The standard InChI is InChI=1S/C16H16N2O2S/c19-16(20)6-2-12-1-5-15(17-9-12)18(14-3-4-14)10-13-7-8-21-11-13/h1-2,5-9,11,14H,3-4,10H2,(H,19,20)/b6-2+. The van der Waals surface area contributed by atoms with Crippen molar-refractivity contribution in [2.45, 2.75) is 25.4 Å². The Bertz CT molecular complexity index is 631. The molecule has 108 valence electrons. The SMILES string of the molecule is O=C(O)/C=C/c1ccc(N(Cc2ccsc2)C2CC2)nc1. The van der Waals surface area contributed by atoms with Gasteiger partial charge in [0.1, 0.15) is 5.82 Å². The van der Waals surface area contributed by atoms with Crippen LogP contribution in [0, 0.1) is 0 Å². The molecule has 21 heavy (non-hydrogen) atoms. The van der Waals surface area contributed by atoms with Gasteiger partial charge >= 0.3 is 5.97 Å². The number of aliphatic carboxylic acids is 1. The highest BCUT2D eigenvalue weighted by atomic mass is 32.1. The van der Waals surface area contributed by atoms with Crippen molar-refractivity contribution in [3.8, 4) is 0 Å². The maximum Gasteiger partial charge on any atom is 0.328 e. The summed E-state index contributed by atoms with van der Waals surface area (Å²) in [6.07, 6.45) is 6.83. The van der Waals surface area contributed by atoms with Crippen LogP contribution in [0.25, 0.3) is 6.08 Å². The van der Waals surface area contributed by atoms with E-state index in [0.29, 0.717) is 6.04 Å². The van der Waals surface area contributed by atoms with Gasteiger partial charge in [-0.2, -0.15) is 11.3 Å². The van der Waals surface area contributed by atoms with Crippen LogP contribution in [-0.4, -0.2) is 22.1 Å². The van der Waals surface area contributed by atoms with Crippen LogP contribution >= 0.6 is 11.3 Å². The summed E-state index contributed by atoms with van der Waals surface area (Å²) in [5, 5.41) is 12.9. The molecule has 0 spiro atoms. The number of anilines is 1. The first-order valence-corrected chi connectivity index (χ1v) is 7.81. The van der Waals surface area contributed by atoms with E-state index >= 15 is 0 Å². The summed E-state index contributed by atoms with van der Waals surface area (Å²) in [5.74, 6) is 0.00677. The Morgan fingerprint density at radius 3 is 2.86 bits per heavy atom. The van der Waals surface area contributed by atoms with Gasteiger partial charge < -0.3 is 10.0 Å². The number of carbonyl (C=O) groups is 1. The van der Waals surface area contributed by atoms with Crippen LogP contribution in [0.15, 0.2) is 41.2 Å². The minimum atomic E-state index is -0.948. The van der Waals surface area contributed by atoms with Gasteiger partial charge in [-0.05, 0) is 59.0 Å². The molecular formula is C16H16N2O2S. The van der Waals surface area contributed by atoms with Crippen molar-refractivity contribution in [2.75, 3.05) is 4.90 Å². The van der Waals surface area contributed by atoms with E-state index < -0.39 is 5.97 Å². The molecule has 0 radical (unpaired) electrons. The maximum absolute atomic E-state index is 10.5. The van der Waals surface area contributed by atoms with E-state index in [0.717, 1.165) is 24.0 Å². The summed E-state index contributed by atoms with van der Waals surface area (Å²) in [7, 11) is 0. The summed E-state index contributed by atoms with van der Waals surface area (Å²) >= 11 is 1.71.